The summed E-state index contributed by atoms with van der Waals surface area (Å²) in [6, 6.07) is 0. The molecule has 12 heavy (non-hydrogen) atoms. The molecule has 0 saturated heterocycles. The van der Waals surface area contributed by atoms with Gasteiger partial charge in [-0.25, -0.2) is 13.6 Å². The Labute approximate surface area is 74.4 Å². The van der Waals surface area contributed by atoms with Crippen molar-refractivity contribution < 1.29 is 8.42 Å². The molecule has 0 aromatic carbocycles. The summed E-state index contributed by atoms with van der Waals surface area (Å²) >= 11 is 0. The van der Waals surface area contributed by atoms with Crippen molar-refractivity contribution in [3.63, 3.8) is 0 Å². The number of primary sulfonamides is 1. The minimum Gasteiger partial charge on any atom is -0.229 e. The molecular weight excluding hydrogens is 174 g/mol. The Morgan fingerprint density at radius 2 is 1.58 bits per heavy atom. The lowest BCUT2D eigenvalue weighted by Crippen LogP contribution is -2.22. The number of rotatable bonds is 2. The monoisotopic (exact) mass is 191 g/mol. The lowest BCUT2D eigenvalue weighted by Gasteiger charge is -2.11. The molecule has 0 unspecified atom stereocenters. The van der Waals surface area contributed by atoms with E-state index in [0.29, 0.717) is 5.92 Å². The third-order valence-corrected chi connectivity index (χ3v) is 3.38. The fraction of sp³-hybridized carbons (Fsp3) is 1.00. The zero-order valence-corrected chi connectivity index (χ0v) is 8.15. The molecule has 0 bridgehead atoms. The highest BCUT2D eigenvalue weighted by molar-refractivity contribution is 7.89. The summed E-state index contributed by atoms with van der Waals surface area (Å²) in [7, 11) is -3.24. The first kappa shape index (κ1) is 9.99. The van der Waals surface area contributed by atoms with Crippen molar-refractivity contribution in [1.82, 2.24) is 0 Å². The molecule has 0 spiro atoms. The van der Waals surface area contributed by atoms with E-state index in [0.717, 1.165) is 12.8 Å². The Balaban J connectivity index is 2.40. The van der Waals surface area contributed by atoms with E-state index in [1.54, 1.807) is 0 Å². The molecule has 1 saturated carbocycles. The van der Waals surface area contributed by atoms with Gasteiger partial charge in [-0.3, -0.25) is 0 Å². The normalized spacial score (nSPS) is 22.1. The summed E-state index contributed by atoms with van der Waals surface area (Å²) in [5, 5.41) is 4.99. The molecule has 3 nitrogen and oxygen atoms in total. The third kappa shape index (κ3) is 4.07. The third-order valence-electron chi connectivity index (χ3n) is 2.44. The molecule has 1 aliphatic rings. The Bertz CT molecular complexity index is 215. The van der Waals surface area contributed by atoms with Crippen LogP contribution in [0.4, 0.5) is 0 Å². The summed E-state index contributed by atoms with van der Waals surface area (Å²) < 4.78 is 21.6. The van der Waals surface area contributed by atoms with Gasteiger partial charge < -0.3 is 0 Å². The lowest BCUT2D eigenvalue weighted by molar-refractivity contribution is 0.494. The maximum absolute atomic E-state index is 10.8. The van der Waals surface area contributed by atoms with E-state index in [9.17, 15) is 8.42 Å². The topological polar surface area (TPSA) is 60.2 Å². The predicted octanol–water partition coefficient (Wildman–Crippen LogP) is 1.25. The highest BCUT2D eigenvalue weighted by Gasteiger charge is 2.17. The van der Waals surface area contributed by atoms with Crippen molar-refractivity contribution >= 4 is 10.0 Å². The van der Waals surface area contributed by atoms with Gasteiger partial charge in [-0.2, -0.15) is 0 Å². The molecule has 0 radical (unpaired) electrons. The average molecular weight is 191 g/mol. The Hall–Kier alpha value is -0.0900. The molecule has 0 amide bonds. The molecule has 0 heterocycles. The fourth-order valence-electron chi connectivity index (χ4n) is 1.86. The Kier molecular flexibility index (Phi) is 3.53. The van der Waals surface area contributed by atoms with Crippen molar-refractivity contribution in [3.8, 4) is 0 Å². The fourth-order valence-corrected chi connectivity index (χ4v) is 2.85. The molecule has 1 fully saturated rings. The second kappa shape index (κ2) is 4.23. The molecule has 72 valence electrons. The van der Waals surface area contributed by atoms with Gasteiger partial charge in [-0.1, -0.05) is 25.7 Å². The van der Waals surface area contributed by atoms with E-state index in [1.165, 1.54) is 25.7 Å². The maximum Gasteiger partial charge on any atom is 0.209 e. The molecule has 0 aromatic rings. The summed E-state index contributed by atoms with van der Waals surface area (Å²) in [5.74, 6) is 0.509. The van der Waals surface area contributed by atoms with E-state index < -0.39 is 10.0 Å². The molecule has 4 heteroatoms. The average Bonchev–Trinajstić information content (AvgIpc) is 2.12. The number of sulfonamides is 1. The van der Waals surface area contributed by atoms with Crippen LogP contribution in [-0.2, 0) is 10.0 Å². The zero-order chi connectivity index (χ0) is 9.03. The first-order valence-corrected chi connectivity index (χ1v) is 6.30. The minimum atomic E-state index is -3.24. The van der Waals surface area contributed by atoms with Crippen LogP contribution >= 0.6 is 0 Å². The van der Waals surface area contributed by atoms with Crippen molar-refractivity contribution in [2.75, 3.05) is 5.75 Å². The van der Waals surface area contributed by atoms with Crippen LogP contribution in [0.2, 0.25) is 0 Å². The van der Waals surface area contributed by atoms with Gasteiger partial charge in [0.25, 0.3) is 0 Å². The minimum absolute atomic E-state index is 0.188. The SMILES string of the molecule is NS(=O)(=O)CC1CCCCCC1. The summed E-state index contributed by atoms with van der Waals surface area (Å²) in [6.45, 7) is 0. The van der Waals surface area contributed by atoms with Gasteiger partial charge >= 0.3 is 0 Å². The van der Waals surface area contributed by atoms with E-state index in [4.69, 9.17) is 5.14 Å². The van der Waals surface area contributed by atoms with Crippen molar-refractivity contribution in [3.05, 3.63) is 0 Å². The molecule has 0 aliphatic heterocycles. The van der Waals surface area contributed by atoms with Crippen LogP contribution in [-0.4, -0.2) is 14.2 Å². The van der Waals surface area contributed by atoms with Crippen LogP contribution in [0, 0.1) is 5.92 Å². The van der Waals surface area contributed by atoms with Crippen LogP contribution in [0.3, 0.4) is 0 Å². The number of hydrogen-bond donors (Lipinski definition) is 1. The molecule has 2 N–H and O–H groups in total. The molecular formula is C8H17NO2S. The largest absolute Gasteiger partial charge is 0.229 e. The van der Waals surface area contributed by atoms with Crippen LogP contribution in [0.15, 0.2) is 0 Å². The van der Waals surface area contributed by atoms with Gasteiger partial charge in [0.05, 0.1) is 5.75 Å². The van der Waals surface area contributed by atoms with Crippen LogP contribution in [0.5, 0.6) is 0 Å². The van der Waals surface area contributed by atoms with Gasteiger partial charge in [0.2, 0.25) is 10.0 Å². The Morgan fingerprint density at radius 3 is 2.00 bits per heavy atom. The van der Waals surface area contributed by atoms with Crippen molar-refractivity contribution in [2.24, 2.45) is 11.1 Å². The predicted molar refractivity (Wildman–Crippen MR) is 49.2 cm³/mol. The quantitative estimate of drug-likeness (QED) is 0.668. The first-order valence-electron chi connectivity index (χ1n) is 4.58. The van der Waals surface area contributed by atoms with Gasteiger partial charge in [0.1, 0.15) is 0 Å². The molecule has 1 rings (SSSR count). The highest BCUT2D eigenvalue weighted by atomic mass is 32.2. The standard InChI is InChI=1S/C8H17NO2S/c9-12(10,11)7-8-5-3-1-2-4-6-8/h8H,1-7H2,(H2,9,10,11). The van der Waals surface area contributed by atoms with Gasteiger partial charge in [-0.05, 0) is 18.8 Å². The van der Waals surface area contributed by atoms with Crippen LogP contribution < -0.4 is 5.14 Å². The Morgan fingerprint density at radius 1 is 1.08 bits per heavy atom. The van der Waals surface area contributed by atoms with E-state index >= 15 is 0 Å². The maximum atomic E-state index is 10.8. The van der Waals surface area contributed by atoms with E-state index in [2.05, 4.69) is 0 Å². The van der Waals surface area contributed by atoms with E-state index in [-0.39, 0.29) is 5.75 Å². The molecule has 1 aliphatic carbocycles. The van der Waals surface area contributed by atoms with Crippen LogP contribution in [0.1, 0.15) is 38.5 Å². The van der Waals surface area contributed by atoms with Crippen molar-refractivity contribution in [1.29, 1.82) is 0 Å². The van der Waals surface area contributed by atoms with Gasteiger partial charge in [0.15, 0.2) is 0 Å². The number of hydrogen-bond acceptors (Lipinski definition) is 2. The summed E-state index contributed by atoms with van der Waals surface area (Å²) in [6.07, 6.45) is 6.91. The van der Waals surface area contributed by atoms with E-state index in [1.807, 2.05) is 0 Å². The second-order valence-corrected chi connectivity index (χ2v) is 5.35. The molecule has 0 atom stereocenters. The second-order valence-electron chi connectivity index (χ2n) is 3.69. The van der Waals surface area contributed by atoms with Gasteiger partial charge in [0, 0.05) is 0 Å². The van der Waals surface area contributed by atoms with Crippen molar-refractivity contribution in [2.45, 2.75) is 38.5 Å². The zero-order valence-electron chi connectivity index (χ0n) is 7.33. The number of nitrogens with two attached hydrogens (primary N) is 1. The van der Waals surface area contributed by atoms with Gasteiger partial charge in [-0.15, -0.1) is 0 Å². The summed E-state index contributed by atoms with van der Waals surface area (Å²) in [4.78, 5) is 0. The van der Waals surface area contributed by atoms with Crippen LogP contribution in [0.25, 0.3) is 0 Å². The lowest BCUT2D eigenvalue weighted by atomic mass is 10.0. The highest BCUT2D eigenvalue weighted by Crippen LogP contribution is 2.23. The molecule has 0 aromatic heterocycles. The first-order chi connectivity index (χ1) is 5.58. The summed E-state index contributed by atoms with van der Waals surface area (Å²) in [5.41, 5.74) is 0. The smallest absolute Gasteiger partial charge is 0.209 e.